The largest absolute Gasteiger partial charge is 0.347 e. The first-order valence-electron chi connectivity index (χ1n) is 7.41. The molecular formula is C17H18N4OS. The van der Waals surface area contributed by atoms with Crippen molar-refractivity contribution in [1.82, 2.24) is 20.1 Å². The topological polar surface area (TPSA) is 59.8 Å². The number of hydrogen-bond acceptors (Lipinski definition) is 4. The van der Waals surface area contributed by atoms with Crippen LogP contribution in [0.3, 0.4) is 0 Å². The number of thiophene rings is 1. The maximum absolute atomic E-state index is 12.6. The summed E-state index contributed by atoms with van der Waals surface area (Å²) in [7, 11) is 0. The molecule has 1 aromatic carbocycles. The quantitative estimate of drug-likeness (QED) is 0.783. The fraction of sp³-hybridized carbons (Fsp3) is 0.235. The van der Waals surface area contributed by atoms with Crippen LogP contribution in [0.2, 0.25) is 0 Å². The lowest BCUT2D eigenvalue weighted by Crippen LogP contribution is -2.35. The van der Waals surface area contributed by atoms with Gasteiger partial charge in [0.15, 0.2) is 0 Å². The Hall–Kier alpha value is -2.47. The minimum atomic E-state index is -0.0526. The number of carbonyl (C=O) groups is 1. The van der Waals surface area contributed by atoms with E-state index in [2.05, 4.69) is 34.5 Å². The lowest BCUT2D eigenvalue weighted by Gasteiger charge is -2.14. The van der Waals surface area contributed by atoms with Gasteiger partial charge < -0.3 is 5.32 Å². The van der Waals surface area contributed by atoms with Crippen molar-refractivity contribution in [3.63, 3.8) is 0 Å². The third-order valence-corrected chi connectivity index (χ3v) is 4.45. The van der Waals surface area contributed by atoms with Crippen LogP contribution in [0.25, 0.3) is 11.1 Å². The van der Waals surface area contributed by atoms with E-state index in [-0.39, 0.29) is 11.9 Å². The van der Waals surface area contributed by atoms with Crippen LogP contribution in [0.4, 0.5) is 0 Å². The van der Waals surface area contributed by atoms with E-state index in [0.29, 0.717) is 6.54 Å². The monoisotopic (exact) mass is 326 g/mol. The Morgan fingerprint density at radius 2 is 2.09 bits per heavy atom. The Labute approximate surface area is 139 Å². The summed E-state index contributed by atoms with van der Waals surface area (Å²) in [6.07, 6.45) is 3.13. The van der Waals surface area contributed by atoms with E-state index in [1.807, 2.05) is 30.5 Å². The summed E-state index contributed by atoms with van der Waals surface area (Å²) in [6.45, 7) is 4.60. The number of hydrogen-bond donors (Lipinski definition) is 1. The average molecular weight is 326 g/mol. The number of aryl methyl sites for hydroxylation is 1. The summed E-state index contributed by atoms with van der Waals surface area (Å²) in [5.41, 5.74) is 3.24. The van der Waals surface area contributed by atoms with E-state index in [9.17, 15) is 4.79 Å². The molecule has 0 saturated heterocycles. The van der Waals surface area contributed by atoms with Crippen molar-refractivity contribution >= 4 is 17.2 Å². The normalized spacial score (nSPS) is 12.1. The molecule has 2 aromatic heterocycles. The molecule has 0 aliphatic rings. The van der Waals surface area contributed by atoms with Crippen molar-refractivity contribution in [1.29, 1.82) is 0 Å². The maximum Gasteiger partial charge on any atom is 0.262 e. The molecule has 0 aliphatic carbocycles. The zero-order valence-electron chi connectivity index (χ0n) is 13.1. The van der Waals surface area contributed by atoms with Gasteiger partial charge in [-0.1, -0.05) is 29.8 Å². The summed E-state index contributed by atoms with van der Waals surface area (Å²) in [5, 5.41) is 9.03. The van der Waals surface area contributed by atoms with Crippen molar-refractivity contribution in [2.75, 3.05) is 0 Å². The van der Waals surface area contributed by atoms with E-state index in [4.69, 9.17) is 0 Å². The van der Waals surface area contributed by atoms with Gasteiger partial charge in [0.2, 0.25) is 0 Å². The highest BCUT2D eigenvalue weighted by atomic mass is 32.1. The molecule has 0 aliphatic heterocycles. The fourth-order valence-corrected chi connectivity index (χ4v) is 3.21. The molecule has 0 spiro atoms. The van der Waals surface area contributed by atoms with Crippen LogP contribution < -0.4 is 5.32 Å². The van der Waals surface area contributed by atoms with Crippen LogP contribution in [0.15, 0.2) is 48.4 Å². The summed E-state index contributed by atoms with van der Waals surface area (Å²) in [4.78, 5) is 17.2. The fourth-order valence-electron chi connectivity index (χ4n) is 2.39. The first kappa shape index (κ1) is 15.4. The first-order valence-corrected chi connectivity index (χ1v) is 8.29. The molecule has 2 heterocycles. The zero-order chi connectivity index (χ0) is 16.2. The second-order valence-corrected chi connectivity index (χ2v) is 6.44. The molecule has 0 radical (unpaired) electrons. The number of rotatable bonds is 5. The highest BCUT2D eigenvalue weighted by molar-refractivity contribution is 7.12. The van der Waals surface area contributed by atoms with Gasteiger partial charge in [-0.15, -0.1) is 11.3 Å². The average Bonchev–Trinajstić information content (AvgIpc) is 3.19. The van der Waals surface area contributed by atoms with Gasteiger partial charge in [0.25, 0.3) is 5.91 Å². The van der Waals surface area contributed by atoms with E-state index < -0.39 is 0 Å². The van der Waals surface area contributed by atoms with E-state index in [1.165, 1.54) is 23.2 Å². The molecule has 23 heavy (non-hydrogen) atoms. The lowest BCUT2D eigenvalue weighted by atomic mass is 10.0. The van der Waals surface area contributed by atoms with Crippen LogP contribution >= 0.6 is 11.3 Å². The van der Waals surface area contributed by atoms with Gasteiger partial charge >= 0.3 is 0 Å². The van der Waals surface area contributed by atoms with Crippen molar-refractivity contribution in [2.24, 2.45) is 0 Å². The van der Waals surface area contributed by atoms with E-state index in [1.54, 1.807) is 11.0 Å². The smallest absolute Gasteiger partial charge is 0.262 e. The predicted octanol–water partition coefficient (Wildman–Crippen LogP) is 3.13. The molecule has 0 saturated carbocycles. The highest BCUT2D eigenvalue weighted by Crippen LogP contribution is 2.28. The second kappa shape index (κ2) is 6.75. The number of benzene rings is 1. The SMILES string of the molecule is Cc1ccc(-c2ccsc2C(=O)NC(C)Cn2cncn2)cc1. The van der Waals surface area contributed by atoms with Crippen LogP contribution in [-0.4, -0.2) is 26.7 Å². The molecule has 5 nitrogen and oxygen atoms in total. The van der Waals surface area contributed by atoms with Gasteiger partial charge in [-0.05, 0) is 30.9 Å². The summed E-state index contributed by atoms with van der Waals surface area (Å²) in [6, 6.07) is 10.2. The molecule has 118 valence electrons. The Kier molecular flexibility index (Phi) is 4.52. The molecule has 6 heteroatoms. The third-order valence-electron chi connectivity index (χ3n) is 3.54. The van der Waals surface area contributed by atoms with Crippen molar-refractivity contribution < 1.29 is 4.79 Å². The standard InChI is InChI=1S/C17H18N4OS/c1-12-3-5-14(6-4-12)15-7-8-23-16(15)17(22)20-13(2)9-21-11-18-10-19-21/h3-8,10-11,13H,9H2,1-2H3,(H,20,22). The molecule has 1 unspecified atom stereocenters. The first-order chi connectivity index (χ1) is 11.1. The minimum absolute atomic E-state index is 0.0304. The van der Waals surface area contributed by atoms with Crippen molar-refractivity contribution in [3.05, 3.63) is 58.8 Å². The molecule has 0 fully saturated rings. The van der Waals surface area contributed by atoms with Crippen molar-refractivity contribution in [3.8, 4) is 11.1 Å². The molecule has 3 rings (SSSR count). The van der Waals surface area contributed by atoms with Crippen LogP contribution in [0.1, 0.15) is 22.2 Å². The molecule has 1 amide bonds. The Morgan fingerprint density at radius 1 is 1.30 bits per heavy atom. The Bertz CT molecular complexity index is 777. The summed E-state index contributed by atoms with van der Waals surface area (Å²) in [5.74, 6) is -0.0526. The predicted molar refractivity (Wildman–Crippen MR) is 91.4 cm³/mol. The maximum atomic E-state index is 12.6. The molecular weight excluding hydrogens is 308 g/mol. The van der Waals surface area contributed by atoms with E-state index in [0.717, 1.165) is 16.0 Å². The lowest BCUT2D eigenvalue weighted by molar-refractivity contribution is 0.0940. The number of nitrogens with zero attached hydrogens (tertiary/aromatic N) is 3. The summed E-state index contributed by atoms with van der Waals surface area (Å²) >= 11 is 1.46. The second-order valence-electron chi connectivity index (χ2n) is 5.52. The van der Waals surface area contributed by atoms with E-state index >= 15 is 0 Å². The number of aromatic nitrogens is 3. The molecule has 3 aromatic rings. The van der Waals surface area contributed by atoms with Gasteiger partial charge in [0, 0.05) is 11.6 Å². The number of amides is 1. The third kappa shape index (κ3) is 3.65. The van der Waals surface area contributed by atoms with Gasteiger partial charge in [-0.25, -0.2) is 4.98 Å². The van der Waals surface area contributed by atoms with Crippen LogP contribution in [0.5, 0.6) is 0 Å². The zero-order valence-corrected chi connectivity index (χ0v) is 13.9. The van der Waals surface area contributed by atoms with Gasteiger partial charge in [0.05, 0.1) is 11.4 Å². The van der Waals surface area contributed by atoms with Gasteiger partial charge in [-0.3, -0.25) is 9.48 Å². The highest BCUT2D eigenvalue weighted by Gasteiger charge is 2.16. The van der Waals surface area contributed by atoms with Crippen LogP contribution in [-0.2, 0) is 6.54 Å². The van der Waals surface area contributed by atoms with Crippen LogP contribution in [0, 0.1) is 6.92 Å². The molecule has 0 bridgehead atoms. The number of nitrogens with one attached hydrogen (secondary N) is 1. The van der Waals surface area contributed by atoms with Gasteiger partial charge in [-0.2, -0.15) is 5.10 Å². The Balaban J connectivity index is 1.73. The minimum Gasteiger partial charge on any atom is -0.347 e. The van der Waals surface area contributed by atoms with Crippen molar-refractivity contribution in [2.45, 2.75) is 26.4 Å². The summed E-state index contributed by atoms with van der Waals surface area (Å²) < 4.78 is 1.71. The molecule has 1 N–H and O–H groups in total. The number of carbonyl (C=O) groups excluding carboxylic acids is 1. The Morgan fingerprint density at radius 3 is 2.78 bits per heavy atom. The van der Waals surface area contributed by atoms with Gasteiger partial charge in [0.1, 0.15) is 12.7 Å². The molecule has 1 atom stereocenters.